The molecule has 0 saturated heterocycles. The number of hydrogen-bond acceptors (Lipinski definition) is 5. The van der Waals surface area contributed by atoms with E-state index in [1.54, 1.807) is 0 Å². The van der Waals surface area contributed by atoms with Crippen LogP contribution in [0.3, 0.4) is 0 Å². The molecule has 0 aromatic heterocycles. The van der Waals surface area contributed by atoms with Crippen LogP contribution in [0.5, 0.6) is 0 Å². The number of carbonyl (C=O) groups is 1. The summed E-state index contributed by atoms with van der Waals surface area (Å²) < 4.78 is 5.72. The van der Waals surface area contributed by atoms with E-state index in [1.165, 1.54) is 6.08 Å². The van der Waals surface area contributed by atoms with Crippen LogP contribution < -0.4 is 40.4 Å². The van der Waals surface area contributed by atoms with Crippen molar-refractivity contribution < 1.29 is 49.3 Å². The number of aliphatic hydroxyl groups excluding tert-OH is 1. The molecule has 0 radical (unpaired) electrons. The molecule has 120 valence electrons. The number of ether oxygens (including phenoxy) is 1. The molecule has 3 N–H and O–H groups in total. The average Bonchev–Trinajstić information content (AvgIpc) is 2.55. The quantitative estimate of drug-likeness (QED) is 0.602. The second kappa shape index (κ2) is 8.25. The zero-order valence-electron chi connectivity index (χ0n) is 13.5. The summed E-state index contributed by atoms with van der Waals surface area (Å²) in [5.74, 6) is -1.27. The zero-order valence-corrected chi connectivity index (χ0v) is 15.5. The van der Waals surface area contributed by atoms with Crippen molar-refractivity contribution >= 4 is 16.7 Å². The minimum atomic E-state index is -1.27. The Labute approximate surface area is 162 Å². The van der Waals surface area contributed by atoms with Gasteiger partial charge in [-0.15, -0.1) is 0 Å². The average molecular weight is 335 g/mol. The molecule has 0 fully saturated rings. The van der Waals surface area contributed by atoms with Crippen LogP contribution in [0.15, 0.2) is 54.1 Å². The molecule has 3 rings (SSSR count). The Balaban J connectivity index is 0.00000208. The van der Waals surface area contributed by atoms with Crippen molar-refractivity contribution in [2.45, 2.75) is 31.3 Å². The predicted octanol–water partition coefficient (Wildman–Crippen LogP) is -2.50. The van der Waals surface area contributed by atoms with Gasteiger partial charge in [-0.2, -0.15) is 0 Å². The van der Waals surface area contributed by atoms with Crippen LogP contribution in [0, 0.1) is 0 Å². The molecule has 0 unspecified atom stereocenters. The van der Waals surface area contributed by atoms with Crippen LogP contribution in [0.1, 0.15) is 12.0 Å². The second-order valence-corrected chi connectivity index (χ2v) is 5.78. The van der Waals surface area contributed by atoms with Crippen LogP contribution in [-0.4, -0.2) is 29.3 Å². The molecule has 0 heterocycles. The van der Waals surface area contributed by atoms with Gasteiger partial charge < -0.3 is 25.5 Å². The minimum absolute atomic E-state index is 0. The second-order valence-electron chi connectivity index (χ2n) is 5.78. The van der Waals surface area contributed by atoms with Crippen molar-refractivity contribution in [2.75, 3.05) is 0 Å². The molecule has 5 nitrogen and oxygen atoms in total. The number of carbonyl (C=O) groups excluding carboxylic acids is 1. The first-order valence-electron chi connectivity index (χ1n) is 7.49. The molecule has 2 aromatic carbocycles. The predicted molar refractivity (Wildman–Crippen MR) is 84.2 cm³/mol. The number of carboxylic acids is 1. The van der Waals surface area contributed by atoms with E-state index < -0.39 is 24.2 Å². The Morgan fingerprint density at radius 1 is 1.25 bits per heavy atom. The van der Waals surface area contributed by atoms with Gasteiger partial charge in [0.05, 0.1) is 30.8 Å². The third-order valence-electron chi connectivity index (χ3n) is 4.13. The van der Waals surface area contributed by atoms with Gasteiger partial charge >= 0.3 is 29.6 Å². The third kappa shape index (κ3) is 4.25. The first-order valence-corrected chi connectivity index (χ1v) is 7.49. The summed E-state index contributed by atoms with van der Waals surface area (Å²) in [7, 11) is 0. The molecule has 6 heteroatoms. The minimum Gasteiger partial charge on any atom is -0.545 e. The number of rotatable bonds is 4. The molecule has 2 aromatic rings. The molecular formula is C18H18NNaO4. The molecular weight excluding hydrogens is 317 g/mol. The summed E-state index contributed by atoms with van der Waals surface area (Å²) >= 11 is 0. The molecule has 0 bridgehead atoms. The van der Waals surface area contributed by atoms with Gasteiger partial charge in [-0.25, -0.2) is 0 Å². The van der Waals surface area contributed by atoms with E-state index in [2.05, 4.69) is 0 Å². The van der Waals surface area contributed by atoms with Gasteiger partial charge in [0.1, 0.15) is 0 Å². The van der Waals surface area contributed by atoms with E-state index in [0.717, 1.165) is 16.3 Å². The van der Waals surface area contributed by atoms with Crippen molar-refractivity contribution in [1.82, 2.24) is 0 Å². The van der Waals surface area contributed by atoms with Crippen molar-refractivity contribution in [1.29, 1.82) is 0 Å². The van der Waals surface area contributed by atoms with Gasteiger partial charge in [0.15, 0.2) is 0 Å². The number of aliphatic hydroxyl groups is 1. The van der Waals surface area contributed by atoms with Crippen molar-refractivity contribution in [3.63, 3.8) is 0 Å². The van der Waals surface area contributed by atoms with Crippen LogP contribution >= 0.6 is 0 Å². The van der Waals surface area contributed by atoms with Crippen LogP contribution in [0.2, 0.25) is 0 Å². The largest absolute Gasteiger partial charge is 1.00 e. The summed E-state index contributed by atoms with van der Waals surface area (Å²) in [6.45, 7) is 0.277. The molecule has 3 atom stereocenters. The van der Waals surface area contributed by atoms with E-state index in [0.29, 0.717) is 0 Å². The van der Waals surface area contributed by atoms with E-state index in [4.69, 9.17) is 10.5 Å². The first-order chi connectivity index (χ1) is 11.0. The Kier molecular flexibility index (Phi) is 6.57. The normalized spacial score (nSPS) is 23.4. The Hall–Kier alpha value is -1.21. The number of carboxylic acid groups (broad SMARTS) is 1. The first kappa shape index (κ1) is 19.1. The maximum absolute atomic E-state index is 11.0. The summed E-state index contributed by atoms with van der Waals surface area (Å²) in [6.07, 6.45) is -0.173. The maximum atomic E-state index is 11.0. The van der Waals surface area contributed by atoms with E-state index in [1.807, 2.05) is 42.5 Å². The SMILES string of the molecule is N[C@H]1C=C(C(=O)[O-])C[C@@H](OCc2ccc3ccccc3c2)[C@@H]1O.[Na+]. The van der Waals surface area contributed by atoms with E-state index in [-0.39, 0.29) is 48.2 Å². The number of aliphatic carboxylic acids is 1. The van der Waals surface area contributed by atoms with Crippen LogP contribution in [-0.2, 0) is 16.1 Å². The Morgan fingerprint density at radius 3 is 2.67 bits per heavy atom. The number of hydrogen-bond donors (Lipinski definition) is 2. The van der Waals surface area contributed by atoms with Gasteiger partial charge in [0.25, 0.3) is 0 Å². The van der Waals surface area contributed by atoms with Crippen LogP contribution in [0.25, 0.3) is 10.8 Å². The molecule has 1 aliphatic rings. The standard InChI is InChI=1S/C18H19NO4.Na/c19-15-8-14(18(21)22)9-16(17(15)20)23-10-11-5-6-12-3-1-2-4-13(12)7-11;/h1-8,15-17,20H,9-10,19H2,(H,21,22);/q;+1/p-1/t15-,16+,17+;/m0./s1. The topological polar surface area (TPSA) is 95.6 Å². The smallest absolute Gasteiger partial charge is 0.545 e. The third-order valence-corrected chi connectivity index (χ3v) is 4.13. The summed E-state index contributed by atoms with van der Waals surface area (Å²) in [5.41, 5.74) is 6.77. The summed E-state index contributed by atoms with van der Waals surface area (Å²) in [4.78, 5) is 11.0. The zero-order chi connectivity index (χ0) is 16.4. The van der Waals surface area contributed by atoms with Gasteiger partial charge in [0.2, 0.25) is 0 Å². The van der Waals surface area contributed by atoms with Crippen LogP contribution in [0.4, 0.5) is 0 Å². The molecule has 0 saturated carbocycles. The summed E-state index contributed by atoms with van der Waals surface area (Å²) in [6, 6.07) is 13.2. The maximum Gasteiger partial charge on any atom is 1.00 e. The molecule has 0 spiro atoms. The van der Waals surface area contributed by atoms with Crippen molar-refractivity contribution in [3.05, 3.63) is 59.7 Å². The van der Waals surface area contributed by atoms with Crippen molar-refractivity contribution in [3.8, 4) is 0 Å². The van der Waals surface area contributed by atoms with Crippen molar-refractivity contribution in [2.24, 2.45) is 5.73 Å². The fourth-order valence-corrected chi connectivity index (χ4v) is 2.83. The van der Waals surface area contributed by atoms with Gasteiger partial charge in [-0.1, -0.05) is 42.5 Å². The van der Waals surface area contributed by atoms with E-state index in [9.17, 15) is 15.0 Å². The van der Waals surface area contributed by atoms with Gasteiger partial charge in [-0.05, 0) is 28.0 Å². The van der Waals surface area contributed by atoms with Gasteiger partial charge in [0, 0.05) is 6.42 Å². The Bertz CT molecular complexity index is 762. The van der Waals surface area contributed by atoms with Gasteiger partial charge in [-0.3, -0.25) is 0 Å². The van der Waals surface area contributed by atoms with E-state index >= 15 is 0 Å². The number of fused-ring (bicyclic) bond motifs is 1. The fourth-order valence-electron chi connectivity index (χ4n) is 2.83. The molecule has 1 aliphatic carbocycles. The monoisotopic (exact) mass is 335 g/mol. The molecule has 0 amide bonds. The number of nitrogens with two attached hydrogens (primary N) is 1. The molecule has 24 heavy (non-hydrogen) atoms. The summed E-state index contributed by atoms with van der Waals surface area (Å²) in [5, 5.41) is 23.3. The fraction of sp³-hybridized carbons (Fsp3) is 0.278. The molecule has 0 aliphatic heterocycles. The Morgan fingerprint density at radius 2 is 1.96 bits per heavy atom. The number of benzene rings is 2.